The van der Waals surface area contributed by atoms with Crippen LogP contribution in [-0.4, -0.2) is 33.4 Å². The summed E-state index contributed by atoms with van der Waals surface area (Å²) in [4.78, 5) is 41.7. The zero-order valence-corrected chi connectivity index (χ0v) is 18.2. The van der Waals surface area contributed by atoms with E-state index in [1.165, 1.54) is 36.0 Å². The number of hydrogen-bond acceptors (Lipinski definition) is 9. The molecule has 2 aromatic carbocycles. The molecule has 0 aliphatic carbocycles. The number of rotatable bonds is 3. The minimum atomic E-state index is -1.30. The predicted octanol–water partition coefficient (Wildman–Crippen LogP) is 1.47. The van der Waals surface area contributed by atoms with Crippen molar-refractivity contribution >= 4 is 29.1 Å². The van der Waals surface area contributed by atoms with Crippen LogP contribution in [0.1, 0.15) is 24.1 Å². The Morgan fingerprint density at radius 2 is 2.12 bits per heavy atom. The second-order valence-electron chi connectivity index (χ2n) is 7.82. The number of methoxy groups -OCH3 is 1. The fourth-order valence-corrected chi connectivity index (χ4v) is 5.43. The first kappa shape index (κ1) is 20.9. The van der Waals surface area contributed by atoms with Gasteiger partial charge in [-0.25, -0.2) is 4.99 Å². The number of hydrogen-bond donors (Lipinski definition) is 1. The fraction of sp³-hybridized carbons (Fsp3) is 0.227. The molecule has 2 bridgehead atoms. The Hall–Kier alpha value is -3.99. The highest BCUT2D eigenvalue weighted by atomic mass is 32.1. The molecule has 3 unspecified atom stereocenters. The molecule has 0 amide bonds. The number of benzene rings is 2. The number of phenols is 1. The Balaban J connectivity index is 1.78. The summed E-state index contributed by atoms with van der Waals surface area (Å²) < 4.78 is 12.8. The van der Waals surface area contributed by atoms with Crippen LogP contribution in [-0.2, 0) is 9.53 Å². The first-order chi connectivity index (χ1) is 15.7. The van der Waals surface area contributed by atoms with Gasteiger partial charge in [-0.3, -0.25) is 24.3 Å². The van der Waals surface area contributed by atoms with Crippen molar-refractivity contribution in [2.24, 2.45) is 10.9 Å². The number of nitro groups is 1. The summed E-state index contributed by atoms with van der Waals surface area (Å²) in [5.41, 5.74) is -1.19. The lowest BCUT2D eigenvalue weighted by atomic mass is 9.81. The molecular formula is C22H17N3O7S. The third-order valence-electron chi connectivity index (χ3n) is 5.84. The molecule has 168 valence electrons. The smallest absolute Gasteiger partial charge is 0.317 e. The average molecular weight is 467 g/mol. The Labute approximate surface area is 189 Å². The molecule has 3 atom stereocenters. The Morgan fingerprint density at radius 1 is 1.36 bits per heavy atom. The normalized spacial score (nSPS) is 23.0. The number of thiazole rings is 1. The molecule has 0 saturated carbocycles. The Bertz CT molecular complexity index is 1510. The fourth-order valence-electron chi connectivity index (χ4n) is 4.34. The number of esters is 1. The molecule has 0 spiro atoms. The maximum absolute atomic E-state index is 13.5. The van der Waals surface area contributed by atoms with Gasteiger partial charge >= 0.3 is 5.97 Å². The average Bonchev–Trinajstić information content (AvgIpc) is 3.07. The summed E-state index contributed by atoms with van der Waals surface area (Å²) in [7, 11) is 1.27. The largest absolute Gasteiger partial charge is 0.507 e. The topological polar surface area (TPSA) is 133 Å². The maximum Gasteiger partial charge on any atom is 0.317 e. The number of aromatic nitrogens is 1. The van der Waals surface area contributed by atoms with Crippen molar-refractivity contribution in [2.75, 3.05) is 7.11 Å². The van der Waals surface area contributed by atoms with Crippen LogP contribution in [0.2, 0.25) is 0 Å². The van der Waals surface area contributed by atoms with Gasteiger partial charge in [0.15, 0.2) is 4.80 Å². The summed E-state index contributed by atoms with van der Waals surface area (Å²) in [5.74, 6) is -1.16. The van der Waals surface area contributed by atoms with Gasteiger partial charge in [0.1, 0.15) is 17.4 Å². The molecule has 11 heteroatoms. The Kier molecular flexibility index (Phi) is 4.60. The van der Waals surface area contributed by atoms with E-state index in [0.29, 0.717) is 16.1 Å². The highest BCUT2D eigenvalue weighted by Gasteiger charge is 2.55. The lowest BCUT2D eigenvalue weighted by Crippen LogP contribution is -2.58. The van der Waals surface area contributed by atoms with Gasteiger partial charge in [-0.2, -0.15) is 0 Å². The van der Waals surface area contributed by atoms with E-state index in [2.05, 4.69) is 4.99 Å². The van der Waals surface area contributed by atoms with Crippen LogP contribution >= 0.6 is 11.3 Å². The van der Waals surface area contributed by atoms with Crippen molar-refractivity contribution in [2.45, 2.75) is 18.7 Å². The molecule has 0 fully saturated rings. The van der Waals surface area contributed by atoms with E-state index in [4.69, 9.17) is 9.47 Å². The van der Waals surface area contributed by atoms with Crippen LogP contribution in [0.5, 0.6) is 11.5 Å². The third-order valence-corrected chi connectivity index (χ3v) is 6.83. The van der Waals surface area contributed by atoms with Crippen molar-refractivity contribution in [3.63, 3.8) is 0 Å². The predicted molar refractivity (Wildman–Crippen MR) is 117 cm³/mol. The first-order valence-electron chi connectivity index (χ1n) is 9.89. The van der Waals surface area contributed by atoms with E-state index >= 15 is 0 Å². The second-order valence-corrected chi connectivity index (χ2v) is 8.83. The number of nitro benzene ring substituents is 1. The van der Waals surface area contributed by atoms with Crippen molar-refractivity contribution in [3.05, 3.63) is 83.4 Å². The SMILES string of the molecule is COC(=O)C1C2c3ccccc3OC1(C)N=c1s/c(=C\c3cc([N+](=O)[O-])ccc3O)c(=O)n12. The number of para-hydroxylation sites is 1. The van der Waals surface area contributed by atoms with E-state index in [0.717, 1.165) is 11.3 Å². The summed E-state index contributed by atoms with van der Waals surface area (Å²) in [6.07, 6.45) is 1.38. The number of fused-ring (bicyclic) bond motifs is 6. The molecule has 3 heterocycles. The van der Waals surface area contributed by atoms with E-state index in [1.54, 1.807) is 31.2 Å². The highest BCUT2D eigenvalue weighted by molar-refractivity contribution is 7.07. The summed E-state index contributed by atoms with van der Waals surface area (Å²) in [5, 5.41) is 21.3. The van der Waals surface area contributed by atoms with Gasteiger partial charge < -0.3 is 14.6 Å². The van der Waals surface area contributed by atoms with Crippen LogP contribution in [0.4, 0.5) is 5.69 Å². The maximum atomic E-state index is 13.5. The van der Waals surface area contributed by atoms with Crippen molar-refractivity contribution < 1.29 is 24.3 Å². The number of carbonyl (C=O) groups excluding carboxylic acids is 1. The molecule has 33 heavy (non-hydrogen) atoms. The highest BCUT2D eigenvalue weighted by Crippen LogP contribution is 2.47. The van der Waals surface area contributed by atoms with E-state index in [-0.39, 0.29) is 21.5 Å². The molecule has 5 rings (SSSR count). The molecule has 2 aliphatic heterocycles. The number of carbonyl (C=O) groups is 1. The molecule has 10 nitrogen and oxygen atoms in total. The number of non-ortho nitro benzene ring substituents is 1. The van der Waals surface area contributed by atoms with Crippen molar-refractivity contribution in [1.82, 2.24) is 4.57 Å². The van der Waals surface area contributed by atoms with Gasteiger partial charge in [0.25, 0.3) is 11.2 Å². The number of aromatic hydroxyl groups is 1. The van der Waals surface area contributed by atoms with Gasteiger partial charge in [0.05, 0.1) is 22.6 Å². The number of ether oxygens (including phenoxy) is 2. The summed E-state index contributed by atoms with van der Waals surface area (Å²) >= 11 is 1.05. The van der Waals surface area contributed by atoms with Gasteiger partial charge in [-0.1, -0.05) is 29.5 Å². The van der Waals surface area contributed by atoms with Gasteiger partial charge in [0, 0.05) is 23.3 Å². The monoisotopic (exact) mass is 467 g/mol. The third kappa shape index (κ3) is 3.11. The van der Waals surface area contributed by atoms with Crippen LogP contribution < -0.4 is 19.6 Å². The van der Waals surface area contributed by atoms with Crippen LogP contribution in [0.15, 0.2) is 52.3 Å². The minimum Gasteiger partial charge on any atom is -0.507 e. The van der Waals surface area contributed by atoms with Crippen LogP contribution in [0.25, 0.3) is 6.08 Å². The minimum absolute atomic E-state index is 0.121. The molecule has 1 N–H and O–H groups in total. The summed E-state index contributed by atoms with van der Waals surface area (Å²) in [6.45, 7) is 1.67. The molecule has 2 aliphatic rings. The van der Waals surface area contributed by atoms with Gasteiger partial charge in [-0.05, 0) is 25.1 Å². The van der Waals surface area contributed by atoms with Crippen LogP contribution in [0.3, 0.4) is 0 Å². The molecular weight excluding hydrogens is 450 g/mol. The van der Waals surface area contributed by atoms with Gasteiger partial charge in [0.2, 0.25) is 5.72 Å². The Morgan fingerprint density at radius 3 is 2.85 bits per heavy atom. The number of nitrogens with zero attached hydrogens (tertiary/aromatic N) is 3. The van der Waals surface area contributed by atoms with Crippen molar-refractivity contribution in [3.8, 4) is 11.5 Å². The van der Waals surface area contributed by atoms with E-state index in [9.17, 15) is 24.8 Å². The zero-order chi connectivity index (χ0) is 23.5. The number of phenolic OH excluding ortho intramolecular Hbond substituents is 1. The first-order valence-corrected chi connectivity index (χ1v) is 10.7. The summed E-state index contributed by atoms with van der Waals surface area (Å²) in [6, 6.07) is 9.95. The quantitative estimate of drug-likeness (QED) is 0.350. The van der Waals surface area contributed by atoms with Crippen LogP contribution in [0, 0.1) is 16.0 Å². The standard InChI is InChI=1S/C22H17N3O7S/c1-22-17(20(28)31-2)18(13-5-3-4-6-15(13)32-22)24-19(27)16(33-21(24)23-22)10-11-9-12(25(29)30)7-8-14(11)26/h3-10,17-18,26H,1-2H3/b16-10-. The van der Waals surface area contributed by atoms with Crippen molar-refractivity contribution in [1.29, 1.82) is 0 Å². The molecule has 3 aromatic rings. The second kappa shape index (κ2) is 7.27. The molecule has 0 radical (unpaired) electrons. The van der Waals surface area contributed by atoms with Gasteiger partial charge in [-0.15, -0.1) is 0 Å². The zero-order valence-electron chi connectivity index (χ0n) is 17.4. The molecule has 1 aromatic heterocycles. The van der Waals surface area contributed by atoms with E-state index < -0.39 is 34.1 Å². The van der Waals surface area contributed by atoms with E-state index in [1.807, 2.05) is 0 Å². The lowest BCUT2D eigenvalue weighted by molar-refractivity contribution is -0.384. The molecule has 0 saturated heterocycles. The lowest BCUT2D eigenvalue weighted by Gasteiger charge is -2.44.